The Labute approximate surface area is 96.4 Å². The first-order valence-electron chi connectivity index (χ1n) is 5.06. The number of hydrogen-bond acceptors (Lipinski definition) is 2. The lowest BCUT2D eigenvalue weighted by atomic mass is 10.0. The molecule has 0 amide bonds. The second kappa shape index (κ2) is 5.12. The molecule has 0 aliphatic carbocycles. The molecule has 3 heteroatoms. The minimum absolute atomic E-state index is 0.220. The molecule has 2 nitrogen and oxygen atoms in total. The van der Waals surface area contributed by atoms with E-state index in [4.69, 9.17) is 22.7 Å². The van der Waals surface area contributed by atoms with Gasteiger partial charge in [-0.05, 0) is 30.5 Å². The van der Waals surface area contributed by atoms with Crippen molar-refractivity contribution in [3.63, 3.8) is 0 Å². The highest BCUT2D eigenvalue weighted by Gasteiger charge is 2.07. The number of rotatable bonds is 4. The SMILES string of the molecule is CC(Oc1cccc(C(C)C)c1)C(N)=S. The molecule has 0 bridgehead atoms. The van der Waals surface area contributed by atoms with Gasteiger partial charge in [-0.1, -0.05) is 38.2 Å². The third kappa shape index (κ3) is 3.51. The topological polar surface area (TPSA) is 35.2 Å². The highest BCUT2D eigenvalue weighted by atomic mass is 32.1. The van der Waals surface area contributed by atoms with Crippen LogP contribution >= 0.6 is 12.2 Å². The first-order valence-corrected chi connectivity index (χ1v) is 5.47. The van der Waals surface area contributed by atoms with Crippen molar-refractivity contribution in [2.75, 3.05) is 0 Å². The van der Waals surface area contributed by atoms with Crippen molar-refractivity contribution in [1.29, 1.82) is 0 Å². The maximum absolute atomic E-state index is 5.60. The molecule has 1 aromatic rings. The van der Waals surface area contributed by atoms with Crippen molar-refractivity contribution in [2.24, 2.45) is 5.73 Å². The molecule has 0 fully saturated rings. The summed E-state index contributed by atoms with van der Waals surface area (Å²) in [5.74, 6) is 1.31. The summed E-state index contributed by atoms with van der Waals surface area (Å²) in [5, 5.41) is 0. The summed E-state index contributed by atoms with van der Waals surface area (Å²) in [6.45, 7) is 6.15. The Bertz CT molecular complexity index is 349. The molecule has 1 atom stereocenters. The minimum atomic E-state index is -0.220. The molecule has 2 N–H and O–H groups in total. The predicted molar refractivity (Wildman–Crippen MR) is 67.4 cm³/mol. The van der Waals surface area contributed by atoms with E-state index in [2.05, 4.69) is 19.9 Å². The smallest absolute Gasteiger partial charge is 0.145 e. The number of hydrogen-bond donors (Lipinski definition) is 1. The summed E-state index contributed by atoms with van der Waals surface area (Å²) in [7, 11) is 0. The van der Waals surface area contributed by atoms with Crippen LogP contribution in [0.25, 0.3) is 0 Å². The number of nitrogens with two attached hydrogens (primary N) is 1. The molecule has 15 heavy (non-hydrogen) atoms. The molecule has 1 rings (SSSR count). The van der Waals surface area contributed by atoms with Crippen molar-refractivity contribution in [1.82, 2.24) is 0 Å². The van der Waals surface area contributed by atoms with Gasteiger partial charge in [0.15, 0.2) is 0 Å². The van der Waals surface area contributed by atoms with E-state index in [1.807, 2.05) is 25.1 Å². The third-order valence-electron chi connectivity index (χ3n) is 2.24. The van der Waals surface area contributed by atoms with E-state index in [1.165, 1.54) is 5.56 Å². The van der Waals surface area contributed by atoms with E-state index in [1.54, 1.807) is 0 Å². The Morgan fingerprint density at radius 2 is 2.00 bits per heavy atom. The standard InChI is InChI=1S/C12H17NOS/c1-8(2)10-5-4-6-11(7-10)14-9(3)12(13)15/h4-9H,1-3H3,(H2,13,15). The second-order valence-corrected chi connectivity index (χ2v) is 4.36. The average Bonchev–Trinajstić information content (AvgIpc) is 2.18. The molecule has 0 spiro atoms. The Kier molecular flexibility index (Phi) is 4.09. The molecular formula is C12H17NOS. The van der Waals surface area contributed by atoms with Gasteiger partial charge in [-0.15, -0.1) is 0 Å². The molecular weight excluding hydrogens is 206 g/mol. The summed E-state index contributed by atoms with van der Waals surface area (Å²) < 4.78 is 5.60. The first kappa shape index (κ1) is 12.0. The van der Waals surface area contributed by atoms with E-state index in [0.717, 1.165) is 5.75 Å². The Morgan fingerprint density at radius 3 is 2.53 bits per heavy atom. The maximum atomic E-state index is 5.60. The molecule has 0 heterocycles. The number of thiocarbonyl (C=S) groups is 1. The maximum Gasteiger partial charge on any atom is 0.145 e. The Hall–Kier alpha value is -1.09. The number of benzene rings is 1. The fourth-order valence-electron chi connectivity index (χ4n) is 1.21. The predicted octanol–water partition coefficient (Wildman–Crippen LogP) is 2.86. The van der Waals surface area contributed by atoms with Crippen LogP contribution < -0.4 is 10.5 Å². The van der Waals surface area contributed by atoms with Crippen molar-refractivity contribution in [3.05, 3.63) is 29.8 Å². The van der Waals surface area contributed by atoms with Gasteiger partial charge in [-0.25, -0.2) is 0 Å². The molecule has 0 aromatic heterocycles. The van der Waals surface area contributed by atoms with Crippen LogP contribution in [-0.2, 0) is 0 Å². The lowest BCUT2D eigenvalue weighted by Gasteiger charge is -2.14. The molecule has 1 unspecified atom stereocenters. The number of ether oxygens (including phenoxy) is 1. The van der Waals surface area contributed by atoms with E-state index in [-0.39, 0.29) is 6.10 Å². The van der Waals surface area contributed by atoms with Gasteiger partial charge >= 0.3 is 0 Å². The fourth-order valence-corrected chi connectivity index (χ4v) is 1.26. The van der Waals surface area contributed by atoms with Crippen LogP contribution in [0, 0.1) is 0 Å². The molecule has 0 aliphatic heterocycles. The van der Waals surface area contributed by atoms with Crippen LogP contribution in [0.4, 0.5) is 0 Å². The van der Waals surface area contributed by atoms with Gasteiger partial charge in [-0.2, -0.15) is 0 Å². The van der Waals surface area contributed by atoms with E-state index in [0.29, 0.717) is 10.9 Å². The van der Waals surface area contributed by atoms with Crippen LogP contribution in [0.3, 0.4) is 0 Å². The Balaban J connectivity index is 2.78. The van der Waals surface area contributed by atoms with E-state index in [9.17, 15) is 0 Å². The van der Waals surface area contributed by atoms with Gasteiger partial charge in [0.05, 0.1) is 0 Å². The molecule has 1 aromatic carbocycles. The third-order valence-corrected chi connectivity index (χ3v) is 2.57. The molecule has 0 saturated carbocycles. The average molecular weight is 223 g/mol. The lowest BCUT2D eigenvalue weighted by Crippen LogP contribution is -2.28. The van der Waals surface area contributed by atoms with Gasteiger partial charge in [0.2, 0.25) is 0 Å². The summed E-state index contributed by atoms with van der Waals surface area (Å²) in [5.41, 5.74) is 6.74. The quantitative estimate of drug-likeness (QED) is 0.797. The zero-order chi connectivity index (χ0) is 11.4. The molecule has 82 valence electrons. The minimum Gasteiger partial charge on any atom is -0.484 e. The van der Waals surface area contributed by atoms with Crippen molar-refractivity contribution in [2.45, 2.75) is 32.8 Å². The molecule has 0 radical (unpaired) electrons. The van der Waals surface area contributed by atoms with Crippen molar-refractivity contribution < 1.29 is 4.74 Å². The summed E-state index contributed by atoms with van der Waals surface area (Å²) >= 11 is 4.85. The fraction of sp³-hybridized carbons (Fsp3) is 0.417. The normalized spacial score (nSPS) is 12.5. The largest absolute Gasteiger partial charge is 0.484 e. The van der Waals surface area contributed by atoms with E-state index >= 15 is 0 Å². The van der Waals surface area contributed by atoms with Gasteiger partial charge in [0, 0.05) is 0 Å². The van der Waals surface area contributed by atoms with E-state index < -0.39 is 0 Å². The second-order valence-electron chi connectivity index (χ2n) is 3.89. The summed E-state index contributed by atoms with van der Waals surface area (Å²) in [4.78, 5) is 0.380. The lowest BCUT2D eigenvalue weighted by molar-refractivity contribution is 0.288. The monoisotopic (exact) mass is 223 g/mol. The van der Waals surface area contributed by atoms with Crippen molar-refractivity contribution in [3.8, 4) is 5.75 Å². The molecule has 0 saturated heterocycles. The molecule has 0 aliphatic rings. The highest BCUT2D eigenvalue weighted by Crippen LogP contribution is 2.20. The van der Waals surface area contributed by atoms with Gasteiger partial charge in [0.1, 0.15) is 16.8 Å². The summed E-state index contributed by atoms with van der Waals surface area (Å²) in [6, 6.07) is 8.01. The Morgan fingerprint density at radius 1 is 1.33 bits per heavy atom. The van der Waals surface area contributed by atoms with Crippen molar-refractivity contribution >= 4 is 17.2 Å². The van der Waals surface area contributed by atoms with Gasteiger partial charge in [0.25, 0.3) is 0 Å². The highest BCUT2D eigenvalue weighted by molar-refractivity contribution is 7.80. The summed E-state index contributed by atoms with van der Waals surface area (Å²) in [6.07, 6.45) is -0.220. The van der Waals surface area contributed by atoms with Crippen LogP contribution in [0.2, 0.25) is 0 Å². The van der Waals surface area contributed by atoms with Crippen LogP contribution in [0.5, 0.6) is 5.75 Å². The van der Waals surface area contributed by atoms with Crippen LogP contribution in [0.1, 0.15) is 32.3 Å². The zero-order valence-corrected chi connectivity index (χ0v) is 10.2. The van der Waals surface area contributed by atoms with Gasteiger partial charge in [-0.3, -0.25) is 0 Å². The van der Waals surface area contributed by atoms with Crippen LogP contribution in [-0.4, -0.2) is 11.1 Å². The first-order chi connectivity index (χ1) is 7.00. The van der Waals surface area contributed by atoms with Crippen LogP contribution in [0.15, 0.2) is 24.3 Å². The zero-order valence-electron chi connectivity index (χ0n) is 9.36. The van der Waals surface area contributed by atoms with Gasteiger partial charge < -0.3 is 10.5 Å².